The van der Waals surface area contributed by atoms with Gasteiger partial charge in [0.2, 0.25) is 0 Å². The van der Waals surface area contributed by atoms with Gasteiger partial charge in [-0.1, -0.05) is 5.21 Å². The lowest BCUT2D eigenvalue weighted by Crippen LogP contribution is -2.49. The Bertz CT molecular complexity index is 819. The van der Waals surface area contributed by atoms with Gasteiger partial charge in [0.05, 0.1) is 35.9 Å². The van der Waals surface area contributed by atoms with Crippen LogP contribution in [0.25, 0.3) is 0 Å². The molecule has 132 valence electrons. The van der Waals surface area contributed by atoms with Crippen molar-refractivity contribution in [2.24, 2.45) is 7.05 Å². The fourth-order valence-corrected chi connectivity index (χ4v) is 3.96. The van der Waals surface area contributed by atoms with Gasteiger partial charge < -0.3 is 10.2 Å². The Labute approximate surface area is 146 Å². The van der Waals surface area contributed by atoms with Crippen molar-refractivity contribution in [1.29, 1.82) is 0 Å². The summed E-state index contributed by atoms with van der Waals surface area (Å²) in [7, 11) is 1.93. The summed E-state index contributed by atoms with van der Waals surface area (Å²) in [6, 6.07) is 2.35. The van der Waals surface area contributed by atoms with Crippen LogP contribution in [0.5, 0.6) is 0 Å². The molecule has 8 heteroatoms. The maximum atomic E-state index is 12.7. The standard InChI is InChI=1S/C17H23N7O/c1-22-16-5-4-12(8-15(16)19-21-22)18-17(25)23-6-7-24-13(10-23)9-14(20-24)11-2-3-11/h9,11-12H,2-8,10H2,1H3,(H,18,25). The van der Waals surface area contributed by atoms with Gasteiger partial charge in [0.25, 0.3) is 0 Å². The van der Waals surface area contributed by atoms with E-state index >= 15 is 0 Å². The van der Waals surface area contributed by atoms with Gasteiger partial charge in [0.15, 0.2) is 0 Å². The Hall–Kier alpha value is -2.38. The van der Waals surface area contributed by atoms with Crippen LogP contribution in [0.4, 0.5) is 4.79 Å². The highest BCUT2D eigenvalue weighted by atomic mass is 16.2. The molecule has 0 radical (unpaired) electrons. The van der Waals surface area contributed by atoms with Crippen molar-refractivity contribution >= 4 is 6.03 Å². The summed E-state index contributed by atoms with van der Waals surface area (Å²) < 4.78 is 3.92. The predicted molar refractivity (Wildman–Crippen MR) is 90.0 cm³/mol. The van der Waals surface area contributed by atoms with Crippen LogP contribution in [0.15, 0.2) is 6.07 Å². The number of carbonyl (C=O) groups is 1. The molecule has 0 bridgehead atoms. The van der Waals surface area contributed by atoms with Gasteiger partial charge in [-0.3, -0.25) is 9.36 Å². The molecule has 8 nitrogen and oxygen atoms in total. The summed E-state index contributed by atoms with van der Waals surface area (Å²) in [6.45, 7) is 2.15. The Morgan fingerprint density at radius 1 is 1.28 bits per heavy atom. The van der Waals surface area contributed by atoms with E-state index in [0.717, 1.165) is 37.2 Å². The van der Waals surface area contributed by atoms with E-state index in [4.69, 9.17) is 5.10 Å². The molecular weight excluding hydrogens is 318 g/mol. The number of nitrogens with one attached hydrogen (secondary N) is 1. The van der Waals surface area contributed by atoms with Crippen LogP contribution in [-0.2, 0) is 33.0 Å². The molecular formula is C17H23N7O. The third kappa shape index (κ3) is 2.69. The molecule has 2 amide bonds. The topological polar surface area (TPSA) is 80.9 Å². The number of fused-ring (bicyclic) bond motifs is 2. The largest absolute Gasteiger partial charge is 0.335 e. The summed E-state index contributed by atoms with van der Waals surface area (Å²) in [4.78, 5) is 14.6. The number of urea groups is 1. The molecule has 2 aromatic rings. The lowest BCUT2D eigenvalue weighted by Gasteiger charge is -2.30. The Morgan fingerprint density at radius 2 is 2.16 bits per heavy atom. The third-order valence-electron chi connectivity index (χ3n) is 5.62. The first-order chi connectivity index (χ1) is 12.2. The SMILES string of the molecule is Cn1nnc2c1CCC(NC(=O)N1CCn3nc(C4CC4)cc3C1)C2. The number of hydrogen-bond donors (Lipinski definition) is 1. The molecule has 25 heavy (non-hydrogen) atoms. The van der Waals surface area contributed by atoms with Crippen LogP contribution in [0.2, 0.25) is 0 Å². The van der Waals surface area contributed by atoms with Crippen LogP contribution in [0.3, 0.4) is 0 Å². The first kappa shape index (κ1) is 14.9. The van der Waals surface area contributed by atoms with Crippen molar-refractivity contribution in [1.82, 2.24) is 35.0 Å². The van der Waals surface area contributed by atoms with Crippen LogP contribution < -0.4 is 5.32 Å². The normalized spacial score (nSPS) is 22.4. The smallest absolute Gasteiger partial charge is 0.318 e. The molecule has 2 aromatic heterocycles. The number of carbonyl (C=O) groups excluding carboxylic acids is 1. The van der Waals surface area contributed by atoms with E-state index in [2.05, 4.69) is 26.4 Å². The highest BCUT2D eigenvalue weighted by Crippen LogP contribution is 2.39. The van der Waals surface area contributed by atoms with E-state index < -0.39 is 0 Å². The second kappa shape index (κ2) is 5.57. The van der Waals surface area contributed by atoms with Crippen LogP contribution >= 0.6 is 0 Å². The number of nitrogens with zero attached hydrogens (tertiary/aromatic N) is 6. The monoisotopic (exact) mass is 341 g/mol. The minimum absolute atomic E-state index is 0.0257. The maximum Gasteiger partial charge on any atom is 0.318 e. The molecule has 1 aliphatic heterocycles. The Kier molecular flexibility index (Phi) is 3.33. The van der Waals surface area contributed by atoms with Gasteiger partial charge >= 0.3 is 6.03 Å². The number of aryl methyl sites for hydroxylation is 1. The van der Waals surface area contributed by atoms with E-state index in [-0.39, 0.29) is 12.1 Å². The number of rotatable bonds is 2. The van der Waals surface area contributed by atoms with Crippen LogP contribution in [-0.4, -0.2) is 48.3 Å². The first-order valence-electron chi connectivity index (χ1n) is 9.17. The summed E-state index contributed by atoms with van der Waals surface area (Å²) >= 11 is 0. The molecule has 5 rings (SSSR count). The molecule has 1 N–H and O–H groups in total. The molecule has 3 aliphatic rings. The van der Waals surface area contributed by atoms with Gasteiger partial charge in [-0.05, 0) is 31.7 Å². The third-order valence-corrected chi connectivity index (χ3v) is 5.62. The predicted octanol–water partition coefficient (Wildman–Crippen LogP) is 0.972. The van der Waals surface area contributed by atoms with Gasteiger partial charge in [-0.15, -0.1) is 5.10 Å². The van der Waals surface area contributed by atoms with E-state index in [1.165, 1.54) is 24.2 Å². The highest BCUT2D eigenvalue weighted by Gasteiger charge is 2.31. The average molecular weight is 341 g/mol. The van der Waals surface area contributed by atoms with Gasteiger partial charge in [0, 0.05) is 32.0 Å². The summed E-state index contributed by atoms with van der Waals surface area (Å²) in [5.41, 5.74) is 4.58. The zero-order valence-electron chi connectivity index (χ0n) is 14.5. The van der Waals surface area contributed by atoms with Crippen molar-refractivity contribution in [2.75, 3.05) is 6.54 Å². The zero-order valence-corrected chi connectivity index (χ0v) is 14.5. The van der Waals surface area contributed by atoms with Crippen molar-refractivity contribution in [3.63, 3.8) is 0 Å². The molecule has 1 saturated carbocycles. The maximum absolute atomic E-state index is 12.7. The van der Waals surface area contributed by atoms with E-state index in [1.807, 2.05) is 16.6 Å². The molecule has 0 spiro atoms. The molecule has 2 aliphatic carbocycles. The van der Waals surface area contributed by atoms with Gasteiger partial charge in [-0.2, -0.15) is 5.10 Å². The summed E-state index contributed by atoms with van der Waals surface area (Å²) in [5, 5.41) is 16.2. The lowest BCUT2D eigenvalue weighted by atomic mass is 9.96. The van der Waals surface area contributed by atoms with E-state index in [0.29, 0.717) is 19.0 Å². The van der Waals surface area contributed by atoms with Crippen LogP contribution in [0, 0.1) is 0 Å². The van der Waals surface area contributed by atoms with Gasteiger partial charge in [-0.25, -0.2) is 4.79 Å². The second-order valence-electron chi connectivity index (χ2n) is 7.48. The quantitative estimate of drug-likeness (QED) is 0.883. The number of amides is 2. The van der Waals surface area contributed by atoms with Crippen LogP contribution in [0.1, 0.15) is 48.0 Å². The first-order valence-corrected chi connectivity index (χ1v) is 9.17. The van der Waals surface area contributed by atoms with E-state index in [1.54, 1.807) is 0 Å². The highest BCUT2D eigenvalue weighted by molar-refractivity contribution is 5.74. The van der Waals surface area contributed by atoms with E-state index in [9.17, 15) is 4.79 Å². The minimum Gasteiger partial charge on any atom is -0.335 e. The molecule has 1 fully saturated rings. The summed E-state index contributed by atoms with van der Waals surface area (Å²) in [6.07, 6.45) is 5.14. The molecule has 1 atom stereocenters. The Morgan fingerprint density at radius 3 is 3.00 bits per heavy atom. The zero-order chi connectivity index (χ0) is 17.0. The lowest BCUT2D eigenvalue weighted by molar-refractivity contribution is 0.176. The number of hydrogen-bond acceptors (Lipinski definition) is 4. The van der Waals surface area contributed by atoms with Gasteiger partial charge in [0.1, 0.15) is 0 Å². The molecule has 0 aromatic carbocycles. The van der Waals surface area contributed by atoms with Crippen molar-refractivity contribution < 1.29 is 4.79 Å². The van der Waals surface area contributed by atoms with Crippen molar-refractivity contribution in [2.45, 2.75) is 57.2 Å². The molecule has 1 unspecified atom stereocenters. The Balaban J connectivity index is 1.23. The number of aromatic nitrogens is 5. The average Bonchev–Trinajstić information content (AvgIpc) is 3.28. The fraction of sp³-hybridized carbons (Fsp3) is 0.647. The van der Waals surface area contributed by atoms with Crippen molar-refractivity contribution in [3.8, 4) is 0 Å². The molecule has 3 heterocycles. The second-order valence-corrected chi connectivity index (χ2v) is 7.48. The minimum atomic E-state index is 0.0257. The summed E-state index contributed by atoms with van der Waals surface area (Å²) in [5.74, 6) is 0.656. The fourth-order valence-electron chi connectivity index (χ4n) is 3.96. The molecule has 0 saturated heterocycles. The van der Waals surface area contributed by atoms with Crippen molar-refractivity contribution in [3.05, 3.63) is 28.8 Å².